The predicted molar refractivity (Wildman–Crippen MR) is 118 cm³/mol. The van der Waals surface area contributed by atoms with Gasteiger partial charge >= 0.3 is 0 Å². The van der Waals surface area contributed by atoms with E-state index in [2.05, 4.69) is 14.9 Å². The van der Waals surface area contributed by atoms with Gasteiger partial charge < -0.3 is 19.7 Å². The van der Waals surface area contributed by atoms with Crippen LogP contribution in [0.15, 0.2) is 47.4 Å². The first kappa shape index (κ1) is 22.9. The van der Waals surface area contributed by atoms with Crippen LogP contribution in [0.2, 0.25) is 0 Å². The van der Waals surface area contributed by atoms with Crippen molar-refractivity contribution >= 4 is 32.8 Å². The van der Waals surface area contributed by atoms with Crippen molar-refractivity contribution in [2.24, 2.45) is 0 Å². The lowest BCUT2D eigenvalue weighted by Gasteiger charge is -2.28. The Bertz CT molecular complexity index is 1010. The van der Waals surface area contributed by atoms with Crippen LogP contribution in [0.25, 0.3) is 0 Å². The second kappa shape index (κ2) is 10.1. The van der Waals surface area contributed by atoms with Crippen LogP contribution < -0.4 is 14.9 Å². The fraction of sp³-hybridized carbons (Fsp3) is 0.400. The molecule has 1 saturated heterocycles. The number of benzene rings is 2. The molecule has 11 heteroatoms. The Balaban J connectivity index is 1.79. The van der Waals surface area contributed by atoms with Crippen molar-refractivity contribution in [3.63, 3.8) is 0 Å². The Kier molecular flexibility index (Phi) is 7.44. The van der Waals surface area contributed by atoms with Crippen molar-refractivity contribution in [1.29, 1.82) is 0 Å². The minimum absolute atomic E-state index is 0.182. The first-order valence-electron chi connectivity index (χ1n) is 9.79. The molecular weight excluding hydrogens is 424 g/mol. The molecule has 1 fully saturated rings. The molecule has 2 aromatic carbocycles. The largest absolute Gasteiger partial charge is 0.383 e. The minimum Gasteiger partial charge on any atom is -0.383 e. The number of nitrogens with zero attached hydrogens (tertiary/aromatic N) is 2. The topological polar surface area (TPSA) is 123 Å². The quantitative estimate of drug-likeness (QED) is 0.441. The second-order valence-electron chi connectivity index (χ2n) is 7.19. The third-order valence-electron chi connectivity index (χ3n) is 4.77. The van der Waals surface area contributed by atoms with Gasteiger partial charge in [-0.3, -0.25) is 10.1 Å². The lowest BCUT2D eigenvalue weighted by molar-refractivity contribution is -0.384. The van der Waals surface area contributed by atoms with E-state index in [4.69, 9.17) is 9.47 Å². The van der Waals surface area contributed by atoms with Crippen molar-refractivity contribution in [3.05, 3.63) is 52.6 Å². The summed E-state index contributed by atoms with van der Waals surface area (Å²) in [5.74, 6) is 0. The third kappa shape index (κ3) is 5.91. The van der Waals surface area contributed by atoms with Gasteiger partial charge in [0.1, 0.15) is 5.69 Å². The van der Waals surface area contributed by atoms with Gasteiger partial charge in [-0.05, 0) is 43.3 Å². The van der Waals surface area contributed by atoms with Crippen LogP contribution in [0.1, 0.15) is 6.92 Å². The van der Waals surface area contributed by atoms with E-state index in [0.717, 1.165) is 24.8 Å². The molecule has 168 valence electrons. The summed E-state index contributed by atoms with van der Waals surface area (Å²) >= 11 is 0. The molecule has 0 saturated carbocycles. The van der Waals surface area contributed by atoms with E-state index in [1.54, 1.807) is 6.92 Å². The van der Waals surface area contributed by atoms with Crippen LogP contribution in [0, 0.1) is 10.1 Å². The highest BCUT2D eigenvalue weighted by Gasteiger charge is 2.23. The number of hydrogen-bond donors (Lipinski definition) is 2. The number of nitro benzene ring substituents is 1. The number of methoxy groups -OCH3 is 1. The summed E-state index contributed by atoms with van der Waals surface area (Å²) < 4.78 is 37.8. The zero-order valence-corrected chi connectivity index (χ0v) is 18.2. The number of ether oxygens (including phenoxy) is 2. The molecule has 0 unspecified atom stereocenters. The van der Waals surface area contributed by atoms with Gasteiger partial charge in [-0.1, -0.05) is 0 Å². The lowest BCUT2D eigenvalue weighted by atomic mass is 10.2. The van der Waals surface area contributed by atoms with E-state index in [-0.39, 0.29) is 22.9 Å². The summed E-state index contributed by atoms with van der Waals surface area (Å²) in [5.41, 5.74) is 1.57. The Morgan fingerprint density at radius 1 is 1.19 bits per heavy atom. The maximum absolute atomic E-state index is 12.5. The van der Waals surface area contributed by atoms with Crippen molar-refractivity contribution in [1.82, 2.24) is 4.72 Å². The average molecular weight is 451 g/mol. The molecule has 0 radical (unpaired) electrons. The molecule has 31 heavy (non-hydrogen) atoms. The first-order valence-corrected chi connectivity index (χ1v) is 11.3. The highest BCUT2D eigenvalue weighted by atomic mass is 32.2. The average Bonchev–Trinajstić information content (AvgIpc) is 2.74. The highest BCUT2D eigenvalue weighted by Crippen LogP contribution is 2.31. The molecule has 1 heterocycles. The number of nitro groups is 1. The van der Waals surface area contributed by atoms with Gasteiger partial charge in [0.2, 0.25) is 10.0 Å². The Morgan fingerprint density at radius 2 is 1.87 bits per heavy atom. The third-order valence-corrected chi connectivity index (χ3v) is 6.36. The monoisotopic (exact) mass is 450 g/mol. The molecule has 0 bridgehead atoms. The molecular formula is C20H26N4O6S. The Hall–Kier alpha value is -2.73. The molecule has 0 amide bonds. The smallest absolute Gasteiger partial charge is 0.294 e. The van der Waals surface area contributed by atoms with Crippen LogP contribution in [0.3, 0.4) is 0 Å². The van der Waals surface area contributed by atoms with Crippen molar-refractivity contribution < 1.29 is 22.8 Å². The molecule has 1 aliphatic heterocycles. The van der Waals surface area contributed by atoms with Crippen LogP contribution >= 0.6 is 0 Å². The van der Waals surface area contributed by atoms with Crippen LogP contribution in [-0.4, -0.2) is 59.4 Å². The summed E-state index contributed by atoms with van der Waals surface area (Å²) in [6.45, 7) is 4.81. The number of rotatable bonds is 9. The minimum atomic E-state index is -3.92. The summed E-state index contributed by atoms with van der Waals surface area (Å²) in [6.07, 6.45) is 0. The number of anilines is 3. The van der Waals surface area contributed by atoms with E-state index in [0.29, 0.717) is 18.9 Å². The molecule has 2 aromatic rings. The molecule has 1 aliphatic rings. The summed E-state index contributed by atoms with van der Waals surface area (Å²) in [5, 5.41) is 14.6. The molecule has 1 atom stereocenters. The molecule has 10 nitrogen and oxygen atoms in total. The van der Waals surface area contributed by atoms with Crippen LogP contribution in [-0.2, 0) is 19.5 Å². The van der Waals surface area contributed by atoms with E-state index < -0.39 is 21.0 Å². The fourth-order valence-electron chi connectivity index (χ4n) is 3.28. The number of hydrogen-bond acceptors (Lipinski definition) is 8. The van der Waals surface area contributed by atoms with E-state index in [9.17, 15) is 18.5 Å². The van der Waals surface area contributed by atoms with Crippen molar-refractivity contribution in [3.8, 4) is 0 Å². The zero-order chi connectivity index (χ0) is 22.4. The van der Waals surface area contributed by atoms with E-state index in [1.165, 1.54) is 19.2 Å². The SMILES string of the molecule is COC[C@@H](C)NS(=O)(=O)c1ccc(Nc2ccc(N3CCOCC3)cc2)c([N+](=O)[O-])c1. The number of morpholine rings is 1. The maximum Gasteiger partial charge on any atom is 0.294 e. The van der Waals surface area contributed by atoms with E-state index >= 15 is 0 Å². The normalized spacial score (nSPS) is 15.5. The van der Waals surface area contributed by atoms with Gasteiger partial charge in [-0.15, -0.1) is 0 Å². The van der Waals surface area contributed by atoms with Gasteiger partial charge in [-0.2, -0.15) is 0 Å². The Morgan fingerprint density at radius 3 is 2.48 bits per heavy atom. The van der Waals surface area contributed by atoms with Gasteiger partial charge in [0.05, 0.1) is 29.6 Å². The van der Waals surface area contributed by atoms with Crippen LogP contribution in [0.4, 0.5) is 22.7 Å². The van der Waals surface area contributed by atoms with Gasteiger partial charge in [0.15, 0.2) is 0 Å². The Labute approximate surface area is 181 Å². The number of sulfonamides is 1. The predicted octanol–water partition coefficient (Wildman–Crippen LogP) is 2.49. The summed E-state index contributed by atoms with van der Waals surface area (Å²) in [7, 11) is -2.46. The highest BCUT2D eigenvalue weighted by molar-refractivity contribution is 7.89. The fourth-order valence-corrected chi connectivity index (χ4v) is 4.53. The van der Waals surface area contributed by atoms with E-state index in [1.807, 2.05) is 24.3 Å². The van der Waals surface area contributed by atoms with Crippen molar-refractivity contribution in [2.45, 2.75) is 17.9 Å². The second-order valence-corrected chi connectivity index (χ2v) is 8.90. The molecule has 3 rings (SSSR count). The van der Waals surface area contributed by atoms with Gasteiger partial charge in [0, 0.05) is 43.7 Å². The lowest BCUT2D eigenvalue weighted by Crippen LogP contribution is -2.36. The molecule has 0 spiro atoms. The standard InChI is InChI=1S/C20H26N4O6S/c1-15(14-29-2)22-31(27,28)18-7-8-19(20(13-18)24(25)26)21-16-3-5-17(6-4-16)23-9-11-30-12-10-23/h3-8,13,15,21-22H,9-12,14H2,1-2H3/t15-/m1/s1. The van der Waals surface area contributed by atoms with Gasteiger partial charge in [0.25, 0.3) is 5.69 Å². The van der Waals surface area contributed by atoms with Crippen molar-refractivity contribution in [2.75, 3.05) is 50.2 Å². The van der Waals surface area contributed by atoms with Gasteiger partial charge in [-0.25, -0.2) is 13.1 Å². The maximum atomic E-state index is 12.5. The molecule has 0 aliphatic carbocycles. The summed E-state index contributed by atoms with van der Waals surface area (Å²) in [6, 6.07) is 10.8. The number of nitrogens with one attached hydrogen (secondary N) is 2. The molecule has 2 N–H and O–H groups in total. The van der Waals surface area contributed by atoms with Crippen LogP contribution in [0.5, 0.6) is 0 Å². The summed E-state index contributed by atoms with van der Waals surface area (Å²) in [4.78, 5) is 13.0. The first-order chi connectivity index (χ1) is 14.8. The molecule has 0 aromatic heterocycles. The zero-order valence-electron chi connectivity index (χ0n) is 17.4.